The zero-order chi connectivity index (χ0) is 14.5. The van der Waals surface area contributed by atoms with Crippen molar-refractivity contribution in [1.29, 1.82) is 0 Å². The first-order chi connectivity index (χ1) is 9.63. The number of hydrogen-bond donors (Lipinski definition) is 2. The Morgan fingerprint density at radius 1 is 1.20 bits per heavy atom. The van der Waals surface area contributed by atoms with Crippen molar-refractivity contribution in [2.75, 3.05) is 6.54 Å². The lowest BCUT2D eigenvalue weighted by Crippen LogP contribution is -2.26. The molecule has 1 heterocycles. The Morgan fingerprint density at radius 3 is 2.45 bits per heavy atom. The Kier molecular flexibility index (Phi) is 5.23. The maximum Gasteiger partial charge on any atom is 0.131 e. The lowest BCUT2D eigenvalue weighted by Gasteiger charge is -2.19. The van der Waals surface area contributed by atoms with Crippen LogP contribution in [-0.2, 0) is 0 Å². The van der Waals surface area contributed by atoms with Gasteiger partial charge in [-0.05, 0) is 30.0 Å². The van der Waals surface area contributed by atoms with Gasteiger partial charge in [0, 0.05) is 17.5 Å². The predicted octanol–water partition coefficient (Wildman–Crippen LogP) is 3.80. The van der Waals surface area contributed by atoms with Gasteiger partial charge in [-0.15, -0.1) is 11.3 Å². The van der Waals surface area contributed by atoms with Crippen LogP contribution in [0.1, 0.15) is 35.9 Å². The lowest BCUT2D eigenvalue weighted by atomic mass is 10.1. The van der Waals surface area contributed by atoms with Gasteiger partial charge in [0.05, 0.1) is 11.7 Å². The highest BCUT2D eigenvalue weighted by Crippen LogP contribution is 2.24. The molecule has 0 aliphatic heterocycles. The van der Waals surface area contributed by atoms with E-state index in [0.29, 0.717) is 0 Å². The summed E-state index contributed by atoms with van der Waals surface area (Å²) in [5.74, 6) is -1.44. The fraction of sp³-hybridized carbons (Fsp3) is 0.333. The molecule has 2 aromatic rings. The molecule has 0 fully saturated rings. The molecule has 1 aromatic carbocycles. The van der Waals surface area contributed by atoms with Crippen LogP contribution in [0.5, 0.6) is 0 Å². The van der Waals surface area contributed by atoms with E-state index in [1.54, 1.807) is 11.3 Å². The molecule has 2 atom stereocenters. The second-order valence-corrected chi connectivity index (χ2v) is 5.51. The summed E-state index contributed by atoms with van der Waals surface area (Å²) in [7, 11) is 0. The number of hydrogen-bond acceptors (Lipinski definition) is 3. The van der Waals surface area contributed by atoms with E-state index >= 15 is 0 Å². The molecule has 0 radical (unpaired) electrons. The predicted molar refractivity (Wildman–Crippen MR) is 76.7 cm³/mol. The average molecular weight is 297 g/mol. The Hall–Kier alpha value is -1.30. The molecule has 0 spiro atoms. The van der Waals surface area contributed by atoms with Crippen LogP contribution < -0.4 is 5.32 Å². The summed E-state index contributed by atoms with van der Waals surface area (Å²) in [4.78, 5) is 1.15. The lowest BCUT2D eigenvalue weighted by molar-refractivity contribution is 0.160. The quantitative estimate of drug-likeness (QED) is 0.850. The van der Waals surface area contributed by atoms with Crippen LogP contribution in [0.3, 0.4) is 0 Å². The van der Waals surface area contributed by atoms with E-state index in [9.17, 15) is 13.9 Å². The summed E-state index contributed by atoms with van der Waals surface area (Å²) in [6, 6.07) is 7.63. The third kappa shape index (κ3) is 3.42. The fourth-order valence-corrected chi connectivity index (χ4v) is 3.01. The van der Waals surface area contributed by atoms with E-state index in [-0.39, 0.29) is 18.2 Å². The molecular weight excluding hydrogens is 280 g/mol. The van der Waals surface area contributed by atoms with Crippen molar-refractivity contribution in [3.63, 3.8) is 0 Å². The van der Waals surface area contributed by atoms with Crippen molar-refractivity contribution < 1.29 is 13.9 Å². The van der Waals surface area contributed by atoms with Gasteiger partial charge in [0.15, 0.2) is 0 Å². The van der Waals surface area contributed by atoms with Crippen molar-refractivity contribution in [1.82, 2.24) is 5.32 Å². The monoisotopic (exact) mass is 297 g/mol. The number of benzene rings is 1. The van der Waals surface area contributed by atoms with E-state index in [1.165, 1.54) is 6.07 Å². The zero-order valence-corrected chi connectivity index (χ0v) is 12.0. The molecule has 2 nitrogen and oxygen atoms in total. The molecule has 0 bridgehead atoms. The van der Waals surface area contributed by atoms with Gasteiger partial charge in [-0.2, -0.15) is 0 Å². The second kappa shape index (κ2) is 6.92. The normalized spacial score (nSPS) is 14.2. The molecule has 0 aliphatic rings. The number of thiophene rings is 1. The van der Waals surface area contributed by atoms with Gasteiger partial charge in [-0.1, -0.05) is 19.1 Å². The second-order valence-electron chi connectivity index (χ2n) is 4.54. The first-order valence-corrected chi connectivity index (χ1v) is 7.40. The summed E-state index contributed by atoms with van der Waals surface area (Å²) in [6.07, 6.45) is -0.363. The van der Waals surface area contributed by atoms with Gasteiger partial charge in [0.2, 0.25) is 0 Å². The highest BCUT2D eigenvalue weighted by molar-refractivity contribution is 7.10. The molecule has 0 saturated carbocycles. The first kappa shape index (κ1) is 15.1. The summed E-state index contributed by atoms with van der Waals surface area (Å²) in [5.41, 5.74) is -0.277. The highest BCUT2D eigenvalue weighted by atomic mass is 32.1. The Morgan fingerprint density at radius 2 is 1.90 bits per heavy atom. The first-order valence-electron chi connectivity index (χ1n) is 6.52. The Labute approximate surface area is 121 Å². The van der Waals surface area contributed by atoms with Crippen LogP contribution in [0, 0.1) is 11.6 Å². The molecule has 5 heteroatoms. The molecule has 0 amide bonds. The van der Waals surface area contributed by atoms with Crippen molar-refractivity contribution in [3.8, 4) is 0 Å². The van der Waals surface area contributed by atoms with Gasteiger partial charge in [-0.25, -0.2) is 8.78 Å². The molecule has 2 unspecified atom stereocenters. The molecular formula is C15H17F2NOS. The van der Waals surface area contributed by atoms with Gasteiger partial charge in [0.1, 0.15) is 11.6 Å². The molecule has 2 N–H and O–H groups in total. The number of rotatable bonds is 6. The smallest absolute Gasteiger partial charge is 0.131 e. The highest BCUT2D eigenvalue weighted by Gasteiger charge is 2.19. The molecule has 1 aromatic heterocycles. The third-order valence-corrected chi connectivity index (χ3v) is 4.17. The van der Waals surface area contributed by atoms with Crippen LogP contribution in [0.15, 0.2) is 35.7 Å². The maximum atomic E-state index is 13.6. The van der Waals surface area contributed by atoms with Gasteiger partial charge in [-0.3, -0.25) is 0 Å². The minimum absolute atomic E-state index is 0.0829. The van der Waals surface area contributed by atoms with E-state index in [0.717, 1.165) is 23.4 Å². The fourth-order valence-electron chi connectivity index (χ4n) is 2.12. The van der Waals surface area contributed by atoms with Gasteiger partial charge in [0.25, 0.3) is 0 Å². The van der Waals surface area contributed by atoms with Crippen molar-refractivity contribution in [3.05, 3.63) is 57.8 Å². The number of aliphatic hydroxyl groups is 1. The van der Waals surface area contributed by atoms with Crippen molar-refractivity contribution in [2.45, 2.75) is 25.5 Å². The standard InChI is InChI=1S/C15H17F2NOS/c1-2-12(14-7-4-8-20-14)18-9-13(19)15-10(16)5-3-6-11(15)17/h3-8,12-13,18-19H,2,9H2,1H3. The average Bonchev–Trinajstić information content (AvgIpc) is 2.93. The number of aliphatic hydroxyl groups excluding tert-OH is 1. The summed E-state index contributed by atoms with van der Waals surface area (Å²) in [6.45, 7) is 2.13. The Balaban J connectivity index is 2.03. The van der Waals surface area contributed by atoms with E-state index < -0.39 is 17.7 Å². The SMILES string of the molecule is CCC(NCC(O)c1c(F)cccc1F)c1cccs1. The van der Waals surface area contributed by atoms with Crippen LogP contribution in [0.4, 0.5) is 8.78 Å². The van der Waals surface area contributed by atoms with Gasteiger partial charge >= 0.3 is 0 Å². The summed E-state index contributed by atoms with van der Waals surface area (Å²) in [5, 5.41) is 15.1. The van der Waals surface area contributed by atoms with Crippen LogP contribution in [-0.4, -0.2) is 11.7 Å². The molecule has 2 rings (SSSR count). The molecule has 0 saturated heterocycles. The number of nitrogens with one attached hydrogen (secondary N) is 1. The van der Waals surface area contributed by atoms with Crippen LogP contribution in [0.2, 0.25) is 0 Å². The minimum atomic E-state index is -1.20. The van der Waals surface area contributed by atoms with Crippen LogP contribution in [0.25, 0.3) is 0 Å². The third-order valence-electron chi connectivity index (χ3n) is 3.19. The summed E-state index contributed by atoms with van der Waals surface area (Å²) < 4.78 is 27.1. The van der Waals surface area contributed by atoms with Gasteiger partial charge < -0.3 is 10.4 Å². The molecule has 0 aliphatic carbocycles. The van der Waals surface area contributed by atoms with Crippen molar-refractivity contribution >= 4 is 11.3 Å². The van der Waals surface area contributed by atoms with Crippen molar-refractivity contribution in [2.24, 2.45) is 0 Å². The Bertz CT molecular complexity index is 525. The topological polar surface area (TPSA) is 32.3 Å². The van der Waals surface area contributed by atoms with E-state index in [2.05, 4.69) is 5.32 Å². The van der Waals surface area contributed by atoms with Crippen LogP contribution >= 0.6 is 11.3 Å². The minimum Gasteiger partial charge on any atom is -0.387 e. The number of halogens is 2. The maximum absolute atomic E-state index is 13.6. The van der Waals surface area contributed by atoms with E-state index in [1.807, 2.05) is 24.4 Å². The molecule has 20 heavy (non-hydrogen) atoms. The largest absolute Gasteiger partial charge is 0.387 e. The molecule has 108 valence electrons. The van der Waals surface area contributed by atoms with E-state index in [4.69, 9.17) is 0 Å². The summed E-state index contributed by atoms with van der Waals surface area (Å²) >= 11 is 1.62. The zero-order valence-electron chi connectivity index (χ0n) is 11.1.